The van der Waals surface area contributed by atoms with Crippen molar-refractivity contribution < 1.29 is 4.79 Å². The maximum Gasteiger partial charge on any atom is 0.244 e. The van der Waals surface area contributed by atoms with Crippen LogP contribution in [0.5, 0.6) is 0 Å². The van der Waals surface area contributed by atoms with Gasteiger partial charge in [-0.3, -0.25) is 4.79 Å². The van der Waals surface area contributed by atoms with Crippen LogP contribution in [-0.2, 0) is 11.3 Å². The number of hydrogen-bond acceptors (Lipinski definition) is 2. The van der Waals surface area contributed by atoms with Gasteiger partial charge in [0.15, 0.2) is 0 Å². The summed E-state index contributed by atoms with van der Waals surface area (Å²) in [5, 5.41) is 2.83. The Morgan fingerprint density at radius 3 is 2.68 bits per heavy atom. The molecular formula is C15H13BrN2O. The summed E-state index contributed by atoms with van der Waals surface area (Å²) in [6.45, 7) is 0.530. The molecule has 0 unspecified atom stereocenters. The molecule has 0 aliphatic rings. The Balaban J connectivity index is 1.86. The van der Waals surface area contributed by atoms with E-state index in [0.717, 1.165) is 15.7 Å². The minimum Gasteiger partial charge on any atom is -0.348 e. The molecule has 1 N–H and O–H groups in total. The van der Waals surface area contributed by atoms with Crippen molar-refractivity contribution in [1.82, 2.24) is 10.3 Å². The van der Waals surface area contributed by atoms with Gasteiger partial charge in [-0.25, -0.2) is 4.98 Å². The molecule has 2 rings (SSSR count). The summed E-state index contributed by atoms with van der Waals surface area (Å²) in [5.74, 6) is -0.119. The molecule has 0 aliphatic heterocycles. The van der Waals surface area contributed by atoms with Gasteiger partial charge in [0.05, 0.1) is 0 Å². The molecule has 2 aromatic rings. The van der Waals surface area contributed by atoms with Crippen LogP contribution in [0.4, 0.5) is 0 Å². The molecule has 19 heavy (non-hydrogen) atoms. The van der Waals surface area contributed by atoms with E-state index >= 15 is 0 Å². The van der Waals surface area contributed by atoms with Crippen molar-refractivity contribution in [2.45, 2.75) is 6.54 Å². The molecule has 0 spiro atoms. The Kier molecular flexibility index (Phi) is 4.86. The van der Waals surface area contributed by atoms with E-state index in [0.29, 0.717) is 6.54 Å². The molecule has 0 saturated heterocycles. The highest BCUT2D eigenvalue weighted by Gasteiger charge is 1.96. The van der Waals surface area contributed by atoms with E-state index in [1.54, 1.807) is 12.3 Å². The number of benzene rings is 1. The third-order valence-corrected chi connectivity index (χ3v) is 2.96. The first kappa shape index (κ1) is 13.5. The summed E-state index contributed by atoms with van der Waals surface area (Å²) in [4.78, 5) is 15.7. The van der Waals surface area contributed by atoms with Gasteiger partial charge in [-0.15, -0.1) is 0 Å². The summed E-state index contributed by atoms with van der Waals surface area (Å²) in [7, 11) is 0. The minimum atomic E-state index is -0.119. The Bertz CT molecular complexity index is 564. The smallest absolute Gasteiger partial charge is 0.244 e. The van der Waals surface area contributed by atoms with Gasteiger partial charge in [-0.05, 0) is 39.2 Å². The SMILES string of the molecule is O=C(/C=C/c1ccc(Br)nc1)NCc1ccccc1. The van der Waals surface area contributed by atoms with Gasteiger partial charge in [-0.1, -0.05) is 36.4 Å². The number of amides is 1. The Morgan fingerprint density at radius 2 is 2.00 bits per heavy atom. The van der Waals surface area contributed by atoms with Crippen LogP contribution >= 0.6 is 15.9 Å². The number of nitrogens with zero attached hydrogens (tertiary/aromatic N) is 1. The first-order chi connectivity index (χ1) is 9.24. The fourth-order valence-corrected chi connectivity index (χ4v) is 1.74. The highest BCUT2D eigenvalue weighted by molar-refractivity contribution is 9.10. The second kappa shape index (κ2) is 6.85. The Hall–Kier alpha value is -1.94. The topological polar surface area (TPSA) is 42.0 Å². The summed E-state index contributed by atoms with van der Waals surface area (Å²) >= 11 is 3.26. The predicted octanol–water partition coefficient (Wildman–Crippen LogP) is 3.17. The standard InChI is InChI=1S/C15H13BrN2O/c16-14-8-6-13(10-17-14)7-9-15(19)18-11-12-4-2-1-3-5-12/h1-10H,11H2,(H,18,19)/b9-7+. The highest BCUT2D eigenvalue weighted by Crippen LogP contribution is 2.07. The summed E-state index contributed by atoms with van der Waals surface area (Å²) in [5.41, 5.74) is 1.97. The van der Waals surface area contributed by atoms with Gasteiger partial charge in [0.2, 0.25) is 5.91 Å². The van der Waals surface area contributed by atoms with Crippen LogP contribution < -0.4 is 5.32 Å². The molecule has 1 amide bonds. The lowest BCUT2D eigenvalue weighted by Gasteiger charge is -2.01. The molecule has 96 valence electrons. The molecule has 4 heteroatoms. The number of hydrogen-bond donors (Lipinski definition) is 1. The maximum atomic E-state index is 11.6. The molecule has 0 radical (unpaired) electrons. The van der Waals surface area contributed by atoms with Crippen molar-refractivity contribution in [2.24, 2.45) is 0 Å². The molecule has 3 nitrogen and oxygen atoms in total. The monoisotopic (exact) mass is 316 g/mol. The number of carbonyl (C=O) groups excluding carboxylic acids is 1. The second-order valence-corrected chi connectivity index (χ2v) is 4.76. The third kappa shape index (κ3) is 4.67. The molecule has 1 aromatic heterocycles. The van der Waals surface area contributed by atoms with E-state index in [9.17, 15) is 4.79 Å². The number of rotatable bonds is 4. The average molecular weight is 317 g/mol. The van der Waals surface area contributed by atoms with Gasteiger partial charge in [0, 0.05) is 18.8 Å². The lowest BCUT2D eigenvalue weighted by atomic mass is 10.2. The number of aromatic nitrogens is 1. The number of halogens is 1. The average Bonchev–Trinajstić information content (AvgIpc) is 2.45. The van der Waals surface area contributed by atoms with Gasteiger partial charge < -0.3 is 5.32 Å². The van der Waals surface area contributed by atoms with Crippen LogP contribution in [0.25, 0.3) is 6.08 Å². The quantitative estimate of drug-likeness (QED) is 0.695. The van der Waals surface area contributed by atoms with Crippen molar-refractivity contribution in [3.8, 4) is 0 Å². The fourth-order valence-electron chi connectivity index (χ4n) is 1.50. The molecule has 0 saturated carbocycles. The molecule has 0 fully saturated rings. The van der Waals surface area contributed by atoms with Crippen LogP contribution in [0.2, 0.25) is 0 Å². The van der Waals surface area contributed by atoms with Crippen LogP contribution in [0, 0.1) is 0 Å². The number of nitrogens with one attached hydrogen (secondary N) is 1. The van der Waals surface area contributed by atoms with Gasteiger partial charge >= 0.3 is 0 Å². The van der Waals surface area contributed by atoms with E-state index < -0.39 is 0 Å². The third-order valence-electron chi connectivity index (χ3n) is 2.49. The zero-order valence-corrected chi connectivity index (χ0v) is 11.8. The normalized spacial score (nSPS) is 10.6. The minimum absolute atomic E-state index is 0.119. The molecule has 1 aromatic carbocycles. The molecular weight excluding hydrogens is 304 g/mol. The lowest BCUT2D eigenvalue weighted by Crippen LogP contribution is -2.20. The Morgan fingerprint density at radius 1 is 1.21 bits per heavy atom. The molecule has 0 aliphatic carbocycles. The summed E-state index contributed by atoms with van der Waals surface area (Å²) < 4.78 is 0.776. The van der Waals surface area contributed by atoms with Gasteiger partial charge in [-0.2, -0.15) is 0 Å². The van der Waals surface area contributed by atoms with Crippen molar-refractivity contribution in [2.75, 3.05) is 0 Å². The molecule has 0 bridgehead atoms. The zero-order chi connectivity index (χ0) is 13.5. The van der Waals surface area contributed by atoms with Crippen molar-refractivity contribution >= 4 is 27.9 Å². The highest BCUT2D eigenvalue weighted by atomic mass is 79.9. The largest absolute Gasteiger partial charge is 0.348 e. The first-order valence-electron chi connectivity index (χ1n) is 5.85. The summed E-state index contributed by atoms with van der Waals surface area (Å²) in [6, 6.07) is 13.5. The Labute approximate surface area is 120 Å². The molecule has 0 atom stereocenters. The van der Waals surface area contributed by atoms with Crippen molar-refractivity contribution in [1.29, 1.82) is 0 Å². The van der Waals surface area contributed by atoms with Crippen molar-refractivity contribution in [3.63, 3.8) is 0 Å². The van der Waals surface area contributed by atoms with Gasteiger partial charge in [0.1, 0.15) is 4.60 Å². The summed E-state index contributed by atoms with van der Waals surface area (Å²) in [6.07, 6.45) is 4.94. The van der Waals surface area contributed by atoms with E-state index in [2.05, 4.69) is 26.2 Å². The lowest BCUT2D eigenvalue weighted by molar-refractivity contribution is -0.116. The zero-order valence-electron chi connectivity index (χ0n) is 10.2. The van der Waals surface area contributed by atoms with Crippen LogP contribution in [0.3, 0.4) is 0 Å². The second-order valence-electron chi connectivity index (χ2n) is 3.95. The van der Waals surface area contributed by atoms with E-state index in [1.165, 1.54) is 6.08 Å². The van der Waals surface area contributed by atoms with Crippen LogP contribution in [-0.4, -0.2) is 10.9 Å². The number of carbonyl (C=O) groups is 1. The van der Waals surface area contributed by atoms with Crippen molar-refractivity contribution in [3.05, 3.63) is 70.5 Å². The van der Waals surface area contributed by atoms with E-state index in [-0.39, 0.29) is 5.91 Å². The van der Waals surface area contributed by atoms with E-state index in [4.69, 9.17) is 0 Å². The fraction of sp³-hybridized carbons (Fsp3) is 0.0667. The van der Waals surface area contributed by atoms with E-state index in [1.807, 2.05) is 42.5 Å². The number of pyridine rings is 1. The first-order valence-corrected chi connectivity index (χ1v) is 6.65. The van der Waals surface area contributed by atoms with Crippen LogP contribution in [0.15, 0.2) is 59.3 Å². The van der Waals surface area contributed by atoms with Gasteiger partial charge in [0.25, 0.3) is 0 Å². The predicted molar refractivity (Wildman–Crippen MR) is 79.3 cm³/mol. The van der Waals surface area contributed by atoms with Crippen LogP contribution in [0.1, 0.15) is 11.1 Å². The molecule has 1 heterocycles. The maximum absolute atomic E-state index is 11.6.